The zero-order chi connectivity index (χ0) is 24.2. The van der Waals surface area contributed by atoms with Crippen LogP contribution in [0, 0.1) is 5.41 Å². The van der Waals surface area contributed by atoms with Gasteiger partial charge in [0, 0.05) is 29.8 Å². The van der Waals surface area contributed by atoms with E-state index < -0.39 is 29.4 Å². The molecule has 0 aliphatic rings. The Hall–Kier alpha value is -3.10. The minimum Gasteiger partial charge on any atom is -0.461 e. The van der Waals surface area contributed by atoms with Gasteiger partial charge in [0.15, 0.2) is 0 Å². The molecular formula is C22H33NO8. The van der Waals surface area contributed by atoms with Crippen LogP contribution in [0.5, 0.6) is 0 Å². The highest BCUT2D eigenvalue weighted by Crippen LogP contribution is 2.23. The summed E-state index contributed by atoms with van der Waals surface area (Å²) in [4.78, 5) is 49.6. The van der Waals surface area contributed by atoms with E-state index in [2.05, 4.69) is 19.7 Å². The molecule has 0 saturated heterocycles. The number of amides is 1. The van der Waals surface area contributed by atoms with Gasteiger partial charge in [-0.3, -0.25) is 0 Å². The summed E-state index contributed by atoms with van der Waals surface area (Å²) in [5.74, 6) is -2.09. The average Bonchev–Trinajstić information content (AvgIpc) is 2.72. The van der Waals surface area contributed by atoms with Gasteiger partial charge in [0.2, 0.25) is 0 Å². The second-order valence-electron chi connectivity index (χ2n) is 7.30. The van der Waals surface area contributed by atoms with E-state index >= 15 is 0 Å². The van der Waals surface area contributed by atoms with Crippen molar-refractivity contribution in [1.82, 2.24) is 4.90 Å². The summed E-state index contributed by atoms with van der Waals surface area (Å²) >= 11 is 0. The van der Waals surface area contributed by atoms with Gasteiger partial charge in [0.25, 0.3) is 0 Å². The van der Waals surface area contributed by atoms with Gasteiger partial charge < -0.3 is 23.8 Å². The van der Waals surface area contributed by atoms with Gasteiger partial charge in [0.05, 0.1) is 0 Å². The Kier molecular flexibility index (Phi) is 11.9. The lowest BCUT2D eigenvalue weighted by molar-refractivity contribution is -0.160. The first-order chi connectivity index (χ1) is 14.4. The Morgan fingerprint density at radius 1 is 0.645 bits per heavy atom. The zero-order valence-electron chi connectivity index (χ0n) is 19.1. The van der Waals surface area contributed by atoms with Crippen molar-refractivity contribution in [3.05, 3.63) is 36.5 Å². The minimum atomic E-state index is -1.36. The second kappa shape index (κ2) is 13.3. The predicted molar refractivity (Wildman–Crippen MR) is 114 cm³/mol. The first-order valence-electron chi connectivity index (χ1n) is 9.78. The minimum absolute atomic E-state index is 0.145. The van der Waals surface area contributed by atoms with Crippen molar-refractivity contribution < 1.29 is 38.1 Å². The summed E-state index contributed by atoms with van der Waals surface area (Å²) in [6, 6.07) is 0. The quantitative estimate of drug-likeness (QED) is 0.245. The van der Waals surface area contributed by atoms with Crippen molar-refractivity contribution in [3.63, 3.8) is 0 Å². The molecule has 0 heterocycles. The largest absolute Gasteiger partial charge is 0.461 e. The Bertz CT molecular complexity index is 647. The van der Waals surface area contributed by atoms with Gasteiger partial charge >= 0.3 is 24.0 Å². The Morgan fingerprint density at radius 2 is 0.935 bits per heavy atom. The van der Waals surface area contributed by atoms with Crippen molar-refractivity contribution in [2.75, 3.05) is 39.5 Å². The lowest BCUT2D eigenvalue weighted by Gasteiger charge is -2.32. The maximum absolute atomic E-state index is 12.3. The van der Waals surface area contributed by atoms with Gasteiger partial charge in [-0.25, -0.2) is 19.2 Å². The summed E-state index contributed by atoms with van der Waals surface area (Å²) in [6.07, 6.45) is -0.613. The molecule has 9 heteroatoms. The third kappa shape index (κ3) is 9.97. The van der Waals surface area contributed by atoms with Gasteiger partial charge in [-0.15, -0.1) is 0 Å². The van der Waals surface area contributed by atoms with Crippen LogP contribution in [0.25, 0.3) is 0 Å². The molecule has 0 aliphatic heterocycles. The monoisotopic (exact) mass is 439 g/mol. The molecule has 0 N–H and O–H groups in total. The summed E-state index contributed by atoms with van der Waals surface area (Å²) in [6.45, 7) is 17.9. The average molecular weight is 440 g/mol. The number of nitrogens with zero attached hydrogens (tertiary/aromatic N) is 1. The van der Waals surface area contributed by atoms with E-state index in [0.29, 0.717) is 13.1 Å². The molecule has 174 valence electrons. The number of hydrogen-bond acceptors (Lipinski definition) is 8. The first-order valence-corrected chi connectivity index (χ1v) is 9.78. The van der Waals surface area contributed by atoms with E-state index in [0.717, 1.165) is 0 Å². The predicted octanol–water partition coefficient (Wildman–Crippen LogP) is 2.81. The van der Waals surface area contributed by atoms with Crippen molar-refractivity contribution >= 4 is 24.0 Å². The molecule has 0 aromatic carbocycles. The van der Waals surface area contributed by atoms with Crippen LogP contribution in [0.4, 0.5) is 4.79 Å². The summed E-state index contributed by atoms with van der Waals surface area (Å²) in [5, 5.41) is 0. The zero-order valence-corrected chi connectivity index (χ0v) is 19.1. The molecule has 1 amide bonds. The number of carbonyl (C=O) groups excluding carboxylic acids is 4. The fourth-order valence-electron chi connectivity index (χ4n) is 2.06. The van der Waals surface area contributed by atoms with Gasteiger partial charge in [-0.1, -0.05) is 19.7 Å². The normalized spacial score (nSPS) is 10.5. The Balaban J connectivity index is 5.77. The van der Waals surface area contributed by atoms with Crippen LogP contribution < -0.4 is 0 Å². The highest BCUT2D eigenvalue weighted by atomic mass is 16.6. The molecule has 0 spiro atoms. The summed E-state index contributed by atoms with van der Waals surface area (Å²) in [5.41, 5.74) is -0.921. The molecule has 0 radical (unpaired) electrons. The van der Waals surface area contributed by atoms with E-state index in [1.165, 1.54) is 25.7 Å². The maximum Gasteiger partial charge on any atom is 0.409 e. The number of esters is 3. The van der Waals surface area contributed by atoms with Crippen LogP contribution >= 0.6 is 0 Å². The smallest absolute Gasteiger partial charge is 0.409 e. The Labute approximate surface area is 183 Å². The SMILES string of the molecule is C=C(C)C(=O)OCC(COC(=O)C(=C)C)(COC(=O)C(=C)C)COC(=O)N(CC)CC. The van der Waals surface area contributed by atoms with Gasteiger partial charge in [-0.05, 0) is 34.6 Å². The number of rotatable bonds is 13. The van der Waals surface area contributed by atoms with Crippen molar-refractivity contribution in [3.8, 4) is 0 Å². The molecule has 0 rings (SSSR count). The molecule has 9 nitrogen and oxygen atoms in total. The fourth-order valence-corrected chi connectivity index (χ4v) is 2.06. The van der Waals surface area contributed by atoms with E-state index in [1.807, 2.05) is 0 Å². The molecule has 0 atom stereocenters. The fraction of sp³-hybridized carbons (Fsp3) is 0.545. The third-order valence-corrected chi connectivity index (χ3v) is 4.10. The third-order valence-electron chi connectivity index (χ3n) is 4.10. The highest BCUT2D eigenvalue weighted by Gasteiger charge is 2.38. The summed E-state index contributed by atoms with van der Waals surface area (Å²) in [7, 11) is 0. The van der Waals surface area contributed by atoms with Gasteiger partial charge in [0.1, 0.15) is 31.8 Å². The van der Waals surface area contributed by atoms with Gasteiger partial charge in [-0.2, -0.15) is 0 Å². The molecule has 0 bridgehead atoms. The lowest BCUT2D eigenvalue weighted by atomic mass is 9.92. The van der Waals surface area contributed by atoms with Crippen LogP contribution in [0.2, 0.25) is 0 Å². The van der Waals surface area contributed by atoms with Crippen LogP contribution in [-0.4, -0.2) is 68.4 Å². The Morgan fingerprint density at radius 3 is 1.19 bits per heavy atom. The highest BCUT2D eigenvalue weighted by molar-refractivity contribution is 5.88. The molecule has 31 heavy (non-hydrogen) atoms. The second-order valence-corrected chi connectivity index (χ2v) is 7.30. The van der Waals surface area contributed by atoms with E-state index in [1.54, 1.807) is 13.8 Å². The van der Waals surface area contributed by atoms with E-state index in [9.17, 15) is 19.2 Å². The summed E-state index contributed by atoms with van der Waals surface area (Å²) < 4.78 is 21.1. The molecule has 0 unspecified atom stereocenters. The number of hydrogen-bond donors (Lipinski definition) is 0. The topological polar surface area (TPSA) is 108 Å². The van der Waals surface area contributed by atoms with Crippen LogP contribution in [0.3, 0.4) is 0 Å². The van der Waals surface area contributed by atoms with Crippen LogP contribution in [0.15, 0.2) is 36.5 Å². The lowest BCUT2D eigenvalue weighted by Crippen LogP contribution is -2.45. The number of carbonyl (C=O) groups is 4. The van der Waals surface area contributed by atoms with E-state index in [4.69, 9.17) is 18.9 Å². The van der Waals surface area contributed by atoms with Crippen molar-refractivity contribution in [2.45, 2.75) is 34.6 Å². The molecular weight excluding hydrogens is 406 g/mol. The molecule has 0 fully saturated rings. The number of ether oxygens (including phenoxy) is 4. The molecule has 0 aliphatic carbocycles. The molecule has 0 saturated carbocycles. The maximum atomic E-state index is 12.3. The van der Waals surface area contributed by atoms with Crippen LogP contribution in [-0.2, 0) is 33.3 Å². The molecule has 0 aromatic rings. The molecule has 0 aromatic heterocycles. The van der Waals surface area contributed by atoms with Crippen LogP contribution in [0.1, 0.15) is 34.6 Å². The van der Waals surface area contributed by atoms with Crippen molar-refractivity contribution in [1.29, 1.82) is 0 Å². The van der Waals surface area contributed by atoms with Crippen molar-refractivity contribution in [2.24, 2.45) is 5.41 Å². The van der Waals surface area contributed by atoms with E-state index in [-0.39, 0.29) is 43.1 Å². The first kappa shape index (κ1) is 27.9. The standard InChI is InChI=1S/C22H33NO8/c1-9-23(10-2)21(27)31-14-22(11-28-18(24)15(3)4,12-29-19(25)16(5)6)13-30-20(26)17(7)8/h3,5,7,9-14H2,1-2,4,6,8H3.